The molecular formula is C19H29N3O4. The Hall–Kier alpha value is -2.28. The zero-order valence-electron chi connectivity index (χ0n) is 15.8. The number of ether oxygens (including phenoxy) is 2. The summed E-state index contributed by atoms with van der Waals surface area (Å²) in [6, 6.07) is 4.74. The Labute approximate surface area is 154 Å². The van der Waals surface area contributed by atoms with Gasteiger partial charge in [-0.2, -0.15) is 0 Å². The van der Waals surface area contributed by atoms with E-state index in [4.69, 9.17) is 9.47 Å². The molecule has 0 bridgehead atoms. The Kier molecular flexibility index (Phi) is 7.72. The molecule has 7 nitrogen and oxygen atoms in total. The van der Waals surface area contributed by atoms with Gasteiger partial charge in [-0.1, -0.05) is 19.8 Å². The Morgan fingerprint density at radius 3 is 2.65 bits per heavy atom. The summed E-state index contributed by atoms with van der Waals surface area (Å²) < 4.78 is 11.1. The van der Waals surface area contributed by atoms with Crippen molar-refractivity contribution in [1.82, 2.24) is 5.32 Å². The second kappa shape index (κ2) is 10.0. The fraction of sp³-hybridized carbons (Fsp3) is 0.579. The van der Waals surface area contributed by atoms with Crippen molar-refractivity contribution >= 4 is 23.3 Å². The Balaban J connectivity index is 1.75. The van der Waals surface area contributed by atoms with Gasteiger partial charge in [-0.15, -0.1) is 0 Å². The number of methoxy groups -OCH3 is 1. The number of nitrogens with one attached hydrogen (secondary N) is 3. The van der Waals surface area contributed by atoms with Gasteiger partial charge in [0.1, 0.15) is 5.75 Å². The molecule has 0 radical (unpaired) electrons. The van der Waals surface area contributed by atoms with Gasteiger partial charge in [0.05, 0.1) is 25.5 Å². The summed E-state index contributed by atoms with van der Waals surface area (Å²) >= 11 is 0. The molecule has 1 aliphatic carbocycles. The van der Waals surface area contributed by atoms with Crippen molar-refractivity contribution in [3.8, 4) is 5.75 Å². The van der Waals surface area contributed by atoms with Gasteiger partial charge in [-0.05, 0) is 30.9 Å². The highest BCUT2D eigenvalue weighted by Crippen LogP contribution is 2.28. The number of urea groups is 1. The van der Waals surface area contributed by atoms with Gasteiger partial charge in [-0.3, -0.25) is 4.79 Å². The Morgan fingerprint density at radius 1 is 1.19 bits per heavy atom. The third-order valence-corrected chi connectivity index (χ3v) is 4.52. The molecule has 0 spiro atoms. The van der Waals surface area contributed by atoms with Crippen LogP contribution < -0.4 is 20.7 Å². The van der Waals surface area contributed by atoms with E-state index in [2.05, 4.69) is 22.9 Å². The molecule has 0 aromatic heterocycles. The number of carbonyl (C=O) groups excluding carboxylic acids is 2. The fourth-order valence-electron chi connectivity index (χ4n) is 3.14. The molecule has 0 unspecified atom stereocenters. The van der Waals surface area contributed by atoms with Gasteiger partial charge in [0.2, 0.25) is 5.91 Å². The molecule has 0 heterocycles. The molecule has 1 aromatic carbocycles. The molecule has 144 valence electrons. The molecule has 2 atom stereocenters. The molecule has 1 saturated carbocycles. The highest BCUT2D eigenvalue weighted by Gasteiger charge is 2.21. The maximum absolute atomic E-state index is 12.0. The Bertz CT molecular complexity index is 621. The quantitative estimate of drug-likeness (QED) is 0.648. The normalized spacial score (nSPS) is 19.5. The van der Waals surface area contributed by atoms with E-state index in [1.807, 2.05) is 0 Å². The molecule has 0 saturated heterocycles. The number of amides is 3. The summed E-state index contributed by atoms with van der Waals surface area (Å²) in [6.07, 6.45) is 5.13. The topological polar surface area (TPSA) is 88.7 Å². The second-order valence-electron chi connectivity index (χ2n) is 6.65. The van der Waals surface area contributed by atoms with Crippen molar-refractivity contribution in [2.45, 2.75) is 45.6 Å². The van der Waals surface area contributed by atoms with Crippen molar-refractivity contribution in [2.24, 2.45) is 5.92 Å². The summed E-state index contributed by atoms with van der Waals surface area (Å²) in [4.78, 5) is 23.2. The van der Waals surface area contributed by atoms with E-state index in [9.17, 15) is 9.59 Å². The lowest BCUT2D eigenvalue weighted by Gasteiger charge is -2.28. The van der Waals surface area contributed by atoms with Gasteiger partial charge < -0.3 is 25.4 Å². The van der Waals surface area contributed by atoms with Crippen molar-refractivity contribution in [3.63, 3.8) is 0 Å². The van der Waals surface area contributed by atoms with Crippen LogP contribution in [0.3, 0.4) is 0 Å². The predicted octanol–water partition coefficient (Wildman–Crippen LogP) is 3.37. The number of carbonyl (C=O) groups is 2. The third kappa shape index (κ3) is 6.22. The standard InChI is InChI=1S/C19H29N3O4/c1-13-6-4-5-7-17(13)26-11-10-20-19(24)22-15-8-9-16(21-14(2)23)18(12-15)25-3/h8-9,12-13,17H,4-7,10-11H2,1-3H3,(H,21,23)(H2,20,22,24)/t13-,17-/m1/s1. The number of anilines is 2. The summed E-state index contributed by atoms with van der Waals surface area (Å²) in [5.41, 5.74) is 1.14. The minimum Gasteiger partial charge on any atom is -0.494 e. The van der Waals surface area contributed by atoms with Crippen molar-refractivity contribution in [2.75, 3.05) is 30.9 Å². The van der Waals surface area contributed by atoms with E-state index in [0.717, 1.165) is 6.42 Å². The van der Waals surface area contributed by atoms with E-state index >= 15 is 0 Å². The lowest BCUT2D eigenvalue weighted by molar-refractivity contribution is -0.114. The van der Waals surface area contributed by atoms with E-state index in [0.29, 0.717) is 42.3 Å². The Morgan fingerprint density at radius 2 is 1.96 bits per heavy atom. The number of hydrogen-bond donors (Lipinski definition) is 3. The van der Waals surface area contributed by atoms with Crippen molar-refractivity contribution < 1.29 is 19.1 Å². The van der Waals surface area contributed by atoms with Gasteiger partial charge in [0.25, 0.3) is 0 Å². The smallest absolute Gasteiger partial charge is 0.319 e. The molecule has 1 aromatic rings. The first-order valence-electron chi connectivity index (χ1n) is 9.11. The largest absolute Gasteiger partial charge is 0.494 e. The summed E-state index contributed by atoms with van der Waals surface area (Å²) in [6.45, 7) is 4.61. The van der Waals surface area contributed by atoms with Crippen LogP contribution in [0.4, 0.5) is 16.2 Å². The molecule has 0 aliphatic heterocycles. The second-order valence-corrected chi connectivity index (χ2v) is 6.65. The molecule has 1 aliphatic rings. The molecular weight excluding hydrogens is 334 g/mol. The molecule has 3 N–H and O–H groups in total. The first-order valence-corrected chi connectivity index (χ1v) is 9.11. The SMILES string of the molecule is COc1cc(NC(=O)NCCO[C@@H]2CCCC[C@H]2C)ccc1NC(C)=O. The van der Waals surface area contributed by atoms with Crippen LogP contribution in [0.2, 0.25) is 0 Å². The van der Waals surface area contributed by atoms with Gasteiger partial charge >= 0.3 is 6.03 Å². The highest BCUT2D eigenvalue weighted by molar-refractivity contribution is 5.93. The van der Waals surface area contributed by atoms with E-state index < -0.39 is 0 Å². The van der Waals surface area contributed by atoms with E-state index in [1.165, 1.54) is 33.3 Å². The average Bonchev–Trinajstić information content (AvgIpc) is 2.61. The zero-order valence-corrected chi connectivity index (χ0v) is 15.8. The molecule has 7 heteroatoms. The minimum absolute atomic E-state index is 0.186. The average molecular weight is 363 g/mol. The van der Waals surface area contributed by atoms with Crippen LogP contribution in [-0.2, 0) is 9.53 Å². The van der Waals surface area contributed by atoms with Gasteiger partial charge in [-0.25, -0.2) is 4.79 Å². The van der Waals surface area contributed by atoms with Crippen LogP contribution in [0.5, 0.6) is 5.75 Å². The zero-order chi connectivity index (χ0) is 18.9. The van der Waals surface area contributed by atoms with Crippen LogP contribution in [-0.4, -0.2) is 38.3 Å². The lowest BCUT2D eigenvalue weighted by atomic mass is 9.88. The predicted molar refractivity (Wildman–Crippen MR) is 102 cm³/mol. The van der Waals surface area contributed by atoms with Crippen LogP contribution >= 0.6 is 0 Å². The van der Waals surface area contributed by atoms with Crippen LogP contribution in [0.1, 0.15) is 39.5 Å². The van der Waals surface area contributed by atoms with Crippen molar-refractivity contribution in [3.05, 3.63) is 18.2 Å². The van der Waals surface area contributed by atoms with E-state index in [1.54, 1.807) is 18.2 Å². The molecule has 26 heavy (non-hydrogen) atoms. The first kappa shape index (κ1) is 20.0. The molecule has 2 rings (SSSR count). The molecule has 1 fully saturated rings. The summed E-state index contributed by atoms with van der Waals surface area (Å²) in [7, 11) is 1.51. The fourth-order valence-corrected chi connectivity index (χ4v) is 3.14. The van der Waals surface area contributed by atoms with Gasteiger partial charge in [0, 0.05) is 25.2 Å². The van der Waals surface area contributed by atoms with Crippen LogP contribution in [0.15, 0.2) is 18.2 Å². The third-order valence-electron chi connectivity index (χ3n) is 4.52. The number of benzene rings is 1. The first-order chi connectivity index (χ1) is 12.5. The van der Waals surface area contributed by atoms with Crippen LogP contribution in [0, 0.1) is 5.92 Å². The summed E-state index contributed by atoms with van der Waals surface area (Å²) in [5, 5.41) is 8.20. The maximum Gasteiger partial charge on any atom is 0.319 e. The van der Waals surface area contributed by atoms with E-state index in [-0.39, 0.29) is 11.9 Å². The number of hydrogen-bond acceptors (Lipinski definition) is 4. The highest BCUT2D eigenvalue weighted by atomic mass is 16.5. The summed E-state index contributed by atoms with van der Waals surface area (Å²) in [5.74, 6) is 0.883. The minimum atomic E-state index is -0.306. The van der Waals surface area contributed by atoms with Gasteiger partial charge in [0.15, 0.2) is 0 Å². The van der Waals surface area contributed by atoms with Crippen LogP contribution in [0.25, 0.3) is 0 Å². The maximum atomic E-state index is 12.0. The lowest BCUT2D eigenvalue weighted by Crippen LogP contribution is -2.34. The number of rotatable bonds is 7. The molecule has 3 amide bonds. The van der Waals surface area contributed by atoms with Crippen molar-refractivity contribution in [1.29, 1.82) is 0 Å². The monoisotopic (exact) mass is 363 g/mol.